The van der Waals surface area contributed by atoms with Gasteiger partial charge in [0.1, 0.15) is 36.8 Å². The fraction of sp³-hybridized carbons (Fsp3) is 0.370. The van der Waals surface area contributed by atoms with Crippen molar-refractivity contribution in [2.45, 2.75) is 82.5 Å². The zero-order valence-electron chi connectivity index (χ0n) is 38.5. The van der Waals surface area contributed by atoms with Gasteiger partial charge in [-0.25, -0.2) is 4.98 Å². The molecule has 1 aromatic heterocycles. The Morgan fingerprint density at radius 3 is 1.95 bits per heavy atom. The molecule has 3 fully saturated rings. The van der Waals surface area contributed by atoms with Gasteiger partial charge in [-0.05, 0) is 126 Å². The molecule has 1 aliphatic heterocycles. The Bertz CT molecular complexity index is 2300. The number of carbonyl (C=O) groups excluding carboxylic acids is 5. The lowest BCUT2D eigenvalue weighted by Crippen LogP contribution is -2.36. The number of carbonyl (C=O) groups is 5. The van der Waals surface area contributed by atoms with Crippen LogP contribution in [0.4, 0.5) is 0 Å². The van der Waals surface area contributed by atoms with E-state index in [9.17, 15) is 24.0 Å². The summed E-state index contributed by atoms with van der Waals surface area (Å²) in [6.45, 7) is 2.63. The van der Waals surface area contributed by atoms with Gasteiger partial charge in [-0.15, -0.1) is 0 Å². The van der Waals surface area contributed by atoms with Crippen molar-refractivity contribution < 1.29 is 24.0 Å². The highest BCUT2D eigenvalue weighted by Gasteiger charge is 2.31. The van der Waals surface area contributed by atoms with Gasteiger partial charge in [-0.1, -0.05) is 96.8 Å². The van der Waals surface area contributed by atoms with Gasteiger partial charge in [0.05, 0.1) is 17.9 Å². The predicted octanol–water partition coefficient (Wildman–Crippen LogP) is 7.44. The van der Waals surface area contributed by atoms with E-state index >= 15 is 0 Å². The first-order valence-corrected chi connectivity index (χ1v) is 23.1. The van der Waals surface area contributed by atoms with Crippen molar-refractivity contribution in [1.82, 2.24) is 36.1 Å². The lowest BCUT2D eigenvalue weighted by molar-refractivity contribution is -0.125. The van der Waals surface area contributed by atoms with Gasteiger partial charge in [0.2, 0.25) is 11.8 Å². The summed E-state index contributed by atoms with van der Waals surface area (Å²) in [7, 11) is 5.89. The molecule has 3 aliphatic rings. The van der Waals surface area contributed by atoms with Gasteiger partial charge in [0, 0.05) is 42.5 Å². The number of likely N-dealkylation sites (N-methyl/N-ethyl adjacent to an activating group) is 1. The van der Waals surface area contributed by atoms with Crippen molar-refractivity contribution in [2.24, 2.45) is 11.8 Å². The number of aromatic nitrogens is 2. The summed E-state index contributed by atoms with van der Waals surface area (Å²) in [6.07, 6.45) is 13.5. The standard InChI is InChI=1S/C24H26N4.C14H20N2O2.C12H13NO2.C4H6O/c1-25-16-20-9-7-18(8-10-20)5-6-19-11-13-21(14-12-19)22-17-26-24(27-22)23-4-3-15-28(23)2;1-15-13(12-8-4-2-5-9-12)14(18)16-10-6-3-7-11-17;14-8-11(9-4-2-1-3-5-9)13-12(15)10-6-7-10;5-3-4-1-2-4/h7-14,17,23,25H,3-4,15-16H2,1-2H3,(H,26,27);2,4-5,8-9,11,13,15H,3,6-7,10H2,1H3,(H,16,18);1-5,8,10-11H,6-7H2,(H,13,15);3-4H,1-2H2/t;;11-;/m..0./s1. The normalized spacial score (nSPS) is 15.8. The quantitative estimate of drug-likeness (QED) is 0.0363. The molecule has 0 radical (unpaired) electrons. The Morgan fingerprint density at radius 2 is 1.44 bits per heavy atom. The van der Waals surface area contributed by atoms with Crippen LogP contribution in [0.2, 0.25) is 0 Å². The zero-order valence-corrected chi connectivity index (χ0v) is 38.5. The van der Waals surface area contributed by atoms with E-state index in [1.807, 2.05) is 73.9 Å². The zero-order chi connectivity index (χ0) is 46.9. The number of amides is 2. The Morgan fingerprint density at radius 1 is 0.803 bits per heavy atom. The molecule has 2 unspecified atom stereocenters. The van der Waals surface area contributed by atoms with Crippen LogP contribution in [0.3, 0.4) is 0 Å². The fourth-order valence-electron chi connectivity index (χ4n) is 7.16. The second-order valence-corrected chi connectivity index (χ2v) is 16.7. The van der Waals surface area contributed by atoms with Crippen LogP contribution < -0.4 is 21.3 Å². The topological polar surface area (TPSA) is 165 Å². The number of aromatic amines is 1. The van der Waals surface area contributed by atoms with E-state index in [1.54, 1.807) is 7.05 Å². The lowest BCUT2D eigenvalue weighted by Gasteiger charge is -2.16. The van der Waals surface area contributed by atoms with Gasteiger partial charge < -0.3 is 40.6 Å². The summed E-state index contributed by atoms with van der Waals surface area (Å²) in [5.41, 5.74) is 7.30. The van der Waals surface area contributed by atoms with Crippen LogP contribution in [0, 0.1) is 23.7 Å². The molecular weight excluding hydrogens is 827 g/mol. The lowest BCUT2D eigenvalue weighted by atomic mass is 10.1. The van der Waals surface area contributed by atoms with E-state index in [4.69, 9.17) is 0 Å². The van der Waals surface area contributed by atoms with Crippen LogP contribution in [0.5, 0.6) is 0 Å². The van der Waals surface area contributed by atoms with E-state index in [2.05, 4.69) is 104 Å². The molecule has 0 bridgehead atoms. The summed E-state index contributed by atoms with van der Waals surface area (Å²) in [6, 6.07) is 35.2. The summed E-state index contributed by atoms with van der Waals surface area (Å²) in [5.74, 6) is 8.11. The molecule has 66 heavy (non-hydrogen) atoms. The summed E-state index contributed by atoms with van der Waals surface area (Å²) >= 11 is 0. The average molecular weight is 892 g/mol. The van der Waals surface area contributed by atoms with E-state index in [0.717, 1.165) is 110 Å². The molecule has 2 heterocycles. The van der Waals surface area contributed by atoms with Crippen LogP contribution in [0.25, 0.3) is 11.3 Å². The molecule has 2 amide bonds. The molecule has 8 rings (SSSR count). The number of nitrogens with zero attached hydrogens (tertiary/aromatic N) is 2. The van der Waals surface area contributed by atoms with Crippen molar-refractivity contribution in [3.05, 3.63) is 149 Å². The van der Waals surface area contributed by atoms with Gasteiger partial charge in [0.15, 0.2) is 0 Å². The van der Waals surface area contributed by atoms with Crippen molar-refractivity contribution >= 4 is 30.7 Å². The van der Waals surface area contributed by atoms with E-state index < -0.39 is 6.04 Å². The van der Waals surface area contributed by atoms with Crippen molar-refractivity contribution in [3.8, 4) is 23.1 Å². The minimum absolute atomic E-state index is 0.00375. The molecule has 1 saturated heterocycles. The summed E-state index contributed by atoms with van der Waals surface area (Å²) in [5, 5.41) is 11.8. The van der Waals surface area contributed by atoms with Crippen molar-refractivity contribution in [2.75, 3.05) is 34.2 Å². The van der Waals surface area contributed by atoms with Crippen LogP contribution in [0.15, 0.2) is 115 Å². The largest absolute Gasteiger partial charge is 0.354 e. The van der Waals surface area contributed by atoms with Crippen molar-refractivity contribution in [3.63, 3.8) is 0 Å². The molecule has 12 heteroatoms. The Balaban J connectivity index is 0.000000185. The highest BCUT2D eigenvalue weighted by molar-refractivity contribution is 5.84. The van der Waals surface area contributed by atoms with Crippen LogP contribution in [-0.2, 0) is 30.5 Å². The summed E-state index contributed by atoms with van der Waals surface area (Å²) in [4.78, 5) is 64.5. The molecular formula is C54H65N7O5. The first kappa shape index (κ1) is 50.5. The molecule has 346 valence electrons. The summed E-state index contributed by atoms with van der Waals surface area (Å²) < 4.78 is 0. The Labute approximate surface area is 390 Å². The molecule has 0 spiro atoms. The third kappa shape index (κ3) is 17.1. The maximum Gasteiger partial charge on any atom is 0.241 e. The molecule has 5 N–H and O–H groups in total. The molecule has 4 aromatic carbocycles. The van der Waals surface area contributed by atoms with Gasteiger partial charge >= 0.3 is 0 Å². The average Bonchev–Trinajstić information content (AvgIpc) is 4.30. The maximum absolute atomic E-state index is 12.0. The second kappa shape index (κ2) is 27.7. The highest BCUT2D eigenvalue weighted by Crippen LogP contribution is 2.31. The fourth-order valence-corrected chi connectivity index (χ4v) is 7.16. The number of aldehydes is 3. The number of nitrogens with one attached hydrogen (secondary N) is 5. The highest BCUT2D eigenvalue weighted by atomic mass is 16.2. The van der Waals surface area contributed by atoms with Gasteiger partial charge in [0.25, 0.3) is 0 Å². The smallest absolute Gasteiger partial charge is 0.241 e. The molecule has 2 saturated carbocycles. The second-order valence-electron chi connectivity index (χ2n) is 16.7. The number of imidazole rings is 1. The predicted molar refractivity (Wildman–Crippen MR) is 260 cm³/mol. The minimum Gasteiger partial charge on any atom is -0.354 e. The number of likely N-dealkylation sites (tertiary alicyclic amines) is 1. The SMILES string of the molecule is CNC(C(=O)NCCCCC=O)c1ccccc1.CNCc1ccc(C#Cc2ccc(-c3cnc(C4CCCN4C)[nH]3)cc2)cc1.O=CC1CC1.O=C[C@H](NC(=O)C1CC1)c1ccccc1. The number of hydrogen-bond donors (Lipinski definition) is 5. The molecule has 3 atom stereocenters. The van der Waals surface area contributed by atoms with Crippen LogP contribution in [-0.4, -0.2) is 79.8 Å². The molecule has 5 aromatic rings. The first-order valence-electron chi connectivity index (χ1n) is 23.1. The van der Waals surface area contributed by atoms with Crippen LogP contribution in [0.1, 0.15) is 110 Å². The van der Waals surface area contributed by atoms with E-state index in [1.165, 1.54) is 18.4 Å². The van der Waals surface area contributed by atoms with Crippen LogP contribution >= 0.6 is 0 Å². The number of unbranched alkanes of at least 4 members (excludes halogenated alkanes) is 2. The third-order valence-electron chi connectivity index (χ3n) is 11.4. The van der Waals surface area contributed by atoms with Crippen molar-refractivity contribution in [1.29, 1.82) is 0 Å². The monoisotopic (exact) mass is 892 g/mol. The van der Waals surface area contributed by atoms with Gasteiger partial charge in [-0.3, -0.25) is 14.5 Å². The third-order valence-corrected chi connectivity index (χ3v) is 11.4. The maximum atomic E-state index is 12.0. The van der Waals surface area contributed by atoms with E-state index in [-0.39, 0.29) is 23.8 Å². The molecule has 2 aliphatic carbocycles. The first-order chi connectivity index (χ1) is 32.3. The number of H-pyrrole nitrogens is 1. The van der Waals surface area contributed by atoms with E-state index in [0.29, 0.717) is 24.9 Å². The number of benzene rings is 4. The molecule has 12 nitrogen and oxygen atoms in total. The minimum atomic E-state index is -0.501. The number of rotatable bonds is 17. The Hall–Kier alpha value is -6.52. The van der Waals surface area contributed by atoms with Gasteiger partial charge in [-0.2, -0.15) is 0 Å². The Kier molecular flexibility index (Phi) is 21.2. The number of hydrogen-bond acceptors (Lipinski definition) is 9.